The lowest BCUT2D eigenvalue weighted by Crippen LogP contribution is -2.37. The fraction of sp³-hybridized carbons (Fsp3) is 0.154. The quantitative estimate of drug-likeness (QED) is 0.799. The van der Waals surface area contributed by atoms with Gasteiger partial charge in [-0.05, 0) is 24.3 Å². The van der Waals surface area contributed by atoms with E-state index in [0.29, 0.717) is 18.0 Å². The third-order valence-corrected chi connectivity index (χ3v) is 4.99. The van der Waals surface area contributed by atoms with Crippen LogP contribution >= 0.6 is 11.6 Å². The number of pyridine rings is 1. The highest BCUT2D eigenvalue weighted by molar-refractivity contribution is 7.92. The van der Waals surface area contributed by atoms with E-state index in [1.165, 1.54) is 22.6 Å². The van der Waals surface area contributed by atoms with E-state index in [0.717, 1.165) is 0 Å². The number of anilines is 1. The van der Waals surface area contributed by atoms with Crippen LogP contribution in [0.25, 0.3) is 0 Å². The summed E-state index contributed by atoms with van der Waals surface area (Å²) in [5.41, 5.74) is 0.534. The van der Waals surface area contributed by atoms with E-state index in [9.17, 15) is 8.42 Å². The van der Waals surface area contributed by atoms with Gasteiger partial charge in [0, 0.05) is 6.20 Å². The molecule has 5 nitrogen and oxygen atoms in total. The number of benzene rings is 1. The second-order valence-corrected chi connectivity index (χ2v) is 6.46. The van der Waals surface area contributed by atoms with Gasteiger partial charge in [-0.2, -0.15) is 0 Å². The zero-order valence-electron chi connectivity index (χ0n) is 10.4. The predicted molar refractivity (Wildman–Crippen MR) is 75.7 cm³/mol. The van der Waals surface area contributed by atoms with Crippen molar-refractivity contribution in [2.24, 2.45) is 0 Å². The number of nitrogens with zero attached hydrogens (tertiary/aromatic N) is 2. The maximum absolute atomic E-state index is 12.7. The molecule has 0 spiro atoms. The lowest BCUT2D eigenvalue weighted by molar-refractivity contribution is 0.316. The maximum atomic E-state index is 12.7. The topological polar surface area (TPSA) is 59.5 Å². The molecule has 20 heavy (non-hydrogen) atoms. The van der Waals surface area contributed by atoms with E-state index < -0.39 is 10.0 Å². The summed E-state index contributed by atoms with van der Waals surface area (Å²) in [4.78, 5) is 3.92. The highest BCUT2D eigenvalue weighted by atomic mass is 35.5. The van der Waals surface area contributed by atoms with Gasteiger partial charge in [-0.1, -0.05) is 23.7 Å². The van der Waals surface area contributed by atoms with Crippen molar-refractivity contribution in [3.63, 3.8) is 0 Å². The minimum atomic E-state index is -3.67. The van der Waals surface area contributed by atoms with E-state index in [4.69, 9.17) is 16.3 Å². The molecule has 1 aromatic heterocycles. The summed E-state index contributed by atoms with van der Waals surface area (Å²) in [5.74, 6) is 0.558. The summed E-state index contributed by atoms with van der Waals surface area (Å²) < 4.78 is 32.2. The molecular formula is C13H11ClN2O3S. The van der Waals surface area contributed by atoms with Crippen molar-refractivity contribution < 1.29 is 13.2 Å². The number of rotatable bonds is 2. The van der Waals surface area contributed by atoms with Gasteiger partial charge in [-0.25, -0.2) is 13.4 Å². The summed E-state index contributed by atoms with van der Waals surface area (Å²) in [6, 6.07) is 9.81. The molecule has 1 aliphatic heterocycles. The van der Waals surface area contributed by atoms with Crippen molar-refractivity contribution >= 4 is 27.3 Å². The van der Waals surface area contributed by atoms with E-state index in [1.54, 1.807) is 24.3 Å². The molecule has 0 atom stereocenters. The SMILES string of the molecule is O=S(=O)(c1ccnc(Cl)c1)N1CCOc2ccccc21. The molecule has 0 unspecified atom stereocenters. The number of hydrogen-bond donors (Lipinski definition) is 0. The average molecular weight is 311 g/mol. The molecule has 0 aliphatic carbocycles. The van der Waals surface area contributed by atoms with Crippen molar-refractivity contribution in [2.75, 3.05) is 17.5 Å². The van der Waals surface area contributed by atoms with Crippen LogP contribution in [0.4, 0.5) is 5.69 Å². The first-order valence-electron chi connectivity index (χ1n) is 5.95. The summed E-state index contributed by atoms with van der Waals surface area (Å²) in [5, 5.41) is 0.146. The smallest absolute Gasteiger partial charge is 0.264 e. The van der Waals surface area contributed by atoms with Gasteiger partial charge in [0.2, 0.25) is 0 Å². The Morgan fingerprint density at radius 1 is 1.25 bits per heavy atom. The Morgan fingerprint density at radius 3 is 2.85 bits per heavy atom. The molecule has 0 N–H and O–H groups in total. The number of hydrogen-bond acceptors (Lipinski definition) is 4. The van der Waals surface area contributed by atoms with Crippen molar-refractivity contribution in [3.05, 3.63) is 47.7 Å². The zero-order chi connectivity index (χ0) is 14.2. The molecule has 104 valence electrons. The zero-order valence-corrected chi connectivity index (χ0v) is 11.9. The third kappa shape index (κ3) is 2.21. The fourth-order valence-electron chi connectivity index (χ4n) is 2.07. The number of ether oxygens (including phenoxy) is 1. The number of halogens is 1. The van der Waals surface area contributed by atoms with Gasteiger partial charge >= 0.3 is 0 Å². The maximum Gasteiger partial charge on any atom is 0.264 e. The molecule has 2 aromatic rings. The number of sulfonamides is 1. The Hall–Kier alpha value is -1.79. The van der Waals surface area contributed by atoms with Crippen LogP contribution in [-0.4, -0.2) is 26.6 Å². The molecule has 0 saturated carbocycles. The first-order valence-corrected chi connectivity index (χ1v) is 7.77. The molecular weight excluding hydrogens is 300 g/mol. The van der Waals surface area contributed by atoms with Crippen molar-refractivity contribution in [2.45, 2.75) is 4.90 Å². The Bertz CT molecular complexity index is 749. The van der Waals surface area contributed by atoms with Gasteiger partial charge in [0.25, 0.3) is 10.0 Å². The number of para-hydroxylation sites is 2. The lowest BCUT2D eigenvalue weighted by atomic mass is 10.2. The van der Waals surface area contributed by atoms with E-state index in [2.05, 4.69) is 4.98 Å². The average Bonchev–Trinajstić information content (AvgIpc) is 2.46. The van der Waals surface area contributed by atoms with Crippen LogP contribution < -0.4 is 9.04 Å². The fourth-order valence-corrected chi connectivity index (χ4v) is 3.78. The van der Waals surface area contributed by atoms with E-state index in [-0.39, 0.29) is 16.6 Å². The van der Waals surface area contributed by atoms with Gasteiger partial charge in [0.05, 0.1) is 17.1 Å². The molecule has 2 heterocycles. The van der Waals surface area contributed by atoms with Crippen molar-refractivity contribution in [1.82, 2.24) is 4.98 Å². The standard InChI is InChI=1S/C13H11ClN2O3S/c14-13-9-10(5-6-15-13)20(17,18)16-7-8-19-12-4-2-1-3-11(12)16/h1-6,9H,7-8H2. The molecule has 0 radical (unpaired) electrons. The molecule has 7 heteroatoms. The monoisotopic (exact) mass is 310 g/mol. The number of aromatic nitrogens is 1. The van der Waals surface area contributed by atoms with Crippen LogP contribution in [-0.2, 0) is 10.0 Å². The molecule has 0 saturated heterocycles. The Kier molecular flexibility index (Phi) is 3.27. The minimum Gasteiger partial charge on any atom is -0.489 e. The van der Waals surface area contributed by atoms with Crippen LogP contribution in [0.5, 0.6) is 5.75 Å². The normalized spacial score (nSPS) is 14.6. The summed E-state index contributed by atoms with van der Waals surface area (Å²) >= 11 is 5.77. The summed E-state index contributed by atoms with van der Waals surface area (Å²) in [7, 11) is -3.67. The lowest BCUT2D eigenvalue weighted by Gasteiger charge is -2.30. The Balaban J connectivity index is 2.10. The largest absolute Gasteiger partial charge is 0.489 e. The second kappa shape index (κ2) is 4.96. The summed E-state index contributed by atoms with van der Waals surface area (Å²) in [6.45, 7) is 0.578. The van der Waals surface area contributed by atoms with Crippen LogP contribution in [0.15, 0.2) is 47.5 Å². The van der Waals surface area contributed by atoms with Crippen molar-refractivity contribution in [3.8, 4) is 5.75 Å². The van der Waals surface area contributed by atoms with Crippen LogP contribution in [0.2, 0.25) is 5.15 Å². The Morgan fingerprint density at radius 2 is 2.05 bits per heavy atom. The number of fused-ring (bicyclic) bond motifs is 1. The van der Waals surface area contributed by atoms with Crippen LogP contribution in [0.1, 0.15) is 0 Å². The predicted octanol–water partition coefficient (Wildman–Crippen LogP) is 2.32. The van der Waals surface area contributed by atoms with Gasteiger partial charge < -0.3 is 4.74 Å². The van der Waals surface area contributed by atoms with Crippen molar-refractivity contribution in [1.29, 1.82) is 0 Å². The highest BCUT2D eigenvalue weighted by Gasteiger charge is 2.29. The van der Waals surface area contributed by atoms with Gasteiger partial charge in [-0.3, -0.25) is 4.31 Å². The third-order valence-electron chi connectivity index (χ3n) is 2.97. The minimum absolute atomic E-state index is 0.120. The first-order chi connectivity index (χ1) is 9.59. The Labute approximate surface area is 121 Å². The van der Waals surface area contributed by atoms with Crippen LogP contribution in [0.3, 0.4) is 0 Å². The second-order valence-electron chi connectivity index (χ2n) is 4.21. The molecule has 1 aliphatic rings. The first kappa shape index (κ1) is 13.2. The van der Waals surface area contributed by atoms with E-state index in [1.807, 2.05) is 0 Å². The molecule has 0 fully saturated rings. The van der Waals surface area contributed by atoms with Gasteiger partial charge in [-0.15, -0.1) is 0 Å². The molecule has 0 bridgehead atoms. The van der Waals surface area contributed by atoms with Gasteiger partial charge in [0.15, 0.2) is 0 Å². The summed E-state index contributed by atoms with van der Waals surface area (Å²) in [6.07, 6.45) is 1.38. The highest BCUT2D eigenvalue weighted by Crippen LogP contribution is 2.34. The molecule has 3 rings (SSSR count). The molecule has 0 amide bonds. The molecule has 1 aromatic carbocycles. The van der Waals surface area contributed by atoms with Gasteiger partial charge in [0.1, 0.15) is 17.5 Å². The van der Waals surface area contributed by atoms with Crippen LogP contribution in [0, 0.1) is 0 Å². The van der Waals surface area contributed by atoms with E-state index >= 15 is 0 Å².